The summed E-state index contributed by atoms with van der Waals surface area (Å²) in [5, 5.41) is 6.20. The molecule has 0 atom stereocenters. The van der Waals surface area contributed by atoms with Crippen molar-refractivity contribution in [1.82, 2.24) is 9.97 Å². The van der Waals surface area contributed by atoms with E-state index in [1.807, 2.05) is 11.3 Å². The van der Waals surface area contributed by atoms with E-state index in [0.29, 0.717) is 5.82 Å². The summed E-state index contributed by atoms with van der Waals surface area (Å²) in [5.74, 6) is 0.714. The van der Waals surface area contributed by atoms with Gasteiger partial charge in [0.15, 0.2) is 5.82 Å². The Morgan fingerprint density at radius 1 is 0.473 bits per heavy atom. The molecule has 3 nitrogen and oxygen atoms in total. The standard InChI is InChI=1S/C51H35N3S/c1-51(2)44-18-10-8-16-39(44)40-29-26-37(31-45(40)51)54(35-13-4-3-5-14-35)36-24-20-33(21-25-36)50-52-46-19-11-9-17-43(46)48(53-50)34-23-27-41-42-28-22-32-12-6-7-15-38(32)49(42)55-47(41)30-34/h3-31H,1-2H3. The van der Waals surface area contributed by atoms with Crippen LogP contribution in [0.3, 0.4) is 0 Å². The van der Waals surface area contributed by atoms with Gasteiger partial charge in [-0.15, -0.1) is 11.3 Å². The third kappa shape index (κ3) is 5.02. The Morgan fingerprint density at radius 2 is 1.15 bits per heavy atom. The number of rotatable bonds is 5. The molecule has 10 aromatic rings. The van der Waals surface area contributed by atoms with E-state index in [1.54, 1.807) is 0 Å². The minimum atomic E-state index is -0.0881. The molecular formula is C51H35N3S. The fraction of sp³-hybridized carbons (Fsp3) is 0.0588. The summed E-state index contributed by atoms with van der Waals surface area (Å²) in [6, 6.07) is 63.4. The van der Waals surface area contributed by atoms with Crippen LogP contribution in [0.15, 0.2) is 176 Å². The highest BCUT2D eigenvalue weighted by Gasteiger charge is 2.35. The predicted molar refractivity (Wildman–Crippen MR) is 233 cm³/mol. The Labute approximate surface area is 323 Å². The van der Waals surface area contributed by atoms with Gasteiger partial charge in [0, 0.05) is 59.2 Å². The molecule has 0 saturated carbocycles. The maximum Gasteiger partial charge on any atom is 0.160 e. The van der Waals surface area contributed by atoms with Gasteiger partial charge in [0.05, 0.1) is 11.2 Å². The highest BCUT2D eigenvalue weighted by molar-refractivity contribution is 7.26. The summed E-state index contributed by atoms with van der Waals surface area (Å²) in [5.41, 5.74) is 12.6. The van der Waals surface area contributed by atoms with Crippen molar-refractivity contribution in [2.45, 2.75) is 19.3 Å². The van der Waals surface area contributed by atoms with Crippen molar-refractivity contribution >= 4 is 70.2 Å². The summed E-state index contributed by atoms with van der Waals surface area (Å²) in [6.07, 6.45) is 0. The molecule has 0 amide bonds. The van der Waals surface area contributed by atoms with Crippen molar-refractivity contribution in [2.24, 2.45) is 0 Å². The van der Waals surface area contributed by atoms with E-state index in [-0.39, 0.29) is 5.41 Å². The van der Waals surface area contributed by atoms with Gasteiger partial charge < -0.3 is 4.90 Å². The monoisotopic (exact) mass is 721 g/mol. The second kappa shape index (κ2) is 12.2. The van der Waals surface area contributed by atoms with Gasteiger partial charge in [0.2, 0.25) is 0 Å². The van der Waals surface area contributed by atoms with Crippen molar-refractivity contribution in [3.8, 4) is 33.8 Å². The molecule has 11 rings (SSSR count). The minimum absolute atomic E-state index is 0.0881. The number of para-hydroxylation sites is 2. The second-order valence-corrected chi connectivity index (χ2v) is 16.1. The zero-order valence-corrected chi connectivity index (χ0v) is 31.3. The first-order valence-electron chi connectivity index (χ1n) is 18.8. The molecule has 0 N–H and O–H groups in total. The van der Waals surface area contributed by atoms with Gasteiger partial charge in [-0.3, -0.25) is 0 Å². The maximum atomic E-state index is 5.30. The van der Waals surface area contributed by atoms with Crippen molar-refractivity contribution in [3.63, 3.8) is 0 Å². The smallest absolute Gasteiger partial charge is 0.160 e. The molecule has 2 heterocycles. The molecule has 0 fully saturated rings. The molecule has 0 bridgehead atoms. The second-order valence-electron chi connectivity index (χ2n) is 15.0. The van der Waals surface area contributed by atoms with E-state index in [1.165, 1.54) is 53.2 Å². The molecule has 0 spiro atoms. The summed E-state index contributed by atoms with van der Waals surface area (Å²) in [4.78, 5) is 12.8. The molecule has 0 saturated heterocycles. The van der Waals surface area contributed by atoms with Crippen LogP contribution in [0.25, 0.3) is 75.6 Å². The summed E-state index contributed by atoms with van der Waals surface area (Å²) in [6.45, 7) is 4.67. The minimum Gasteiger partial charge on any atom is -0.310 e. The van der Waals surface area contributed by atoms with E-state index >= 15 is 0 Å². The van der Waals surface area contributed by atoms with Crippen molar-refractivity contribution < 1.29 is 0 Å². The Hall–Kier alpha value is -6.62. The SMILES string of the molecule is CC1(C)c2ccccc2-c2ccc(N(c3ccccc3)c3ccc(-c4nc(-c5ccc6c(c5)sc5c7ccccc7ccc65)c5ccccc5n4)cc3)cc21. The van der Waals surface area contributed by atoms with Gasteiger partial charge in [-0.1, -0.05) is 129 Å². The van der Waals surface area contributed by atoms with Crippen LogP contribution >= 0.6 is 11.3 Å². The van der Waals surface area contributed by atoms with E-state index in [0.717, 1.165) is 44.8 Å². The normalized spacial score (nSPS) is 13.1. The first kappa shape index (κ1) is 31.9. The largest absolute Gasteiger partial charge is 0.310 e. The highest BCUT2D eigenvalue weighted by atomic mass is 32.1. The lowest BCUT2D eigenvalue weighted by molar-refractivity contribution is 0.660. The lowest BCUT2D eigenvalue weighted by atomic mass is 9.82. The lowest BCUT2D eigenvalue weighted by Gasteiger charge is -2.28. The lowest BCUT2D eigenvalue weighted by Crippen LogP contribution is -2.16. The van der Waals surface area contributed by atoms with Gasteiger partial charge in [-0.25, -0.2) is 9.97 Å². The van der Waals surface area contributed by atoms with E-state index in [2.05, 4.69) is 195 Å². The van der Waals surface area contributed by atoms with Gasteiger partial charge >= 0.3 is 0 Å². The number of nitrogens with zero attached hydrogens (tertiary/aromatic N) is 3. The van der Waals surface area contributed by atoms with E-state index < -0.39 is 0 Å². The third-order valence-corrected chi connectivity index (χ3v) is 12.7. The molecule has 55 heavy (non-hydrogen) atoms. The Morgan fingerprint density at radius 3 is 2.02 bits per heavy atom. The molecule has 1 aliphatic rings. The number of fused-ring (bicyclic) bond motifs is 9. The Balaban J connectivity index is 1.00. The van der Waals surface area contributed by atoms with Gasteiger partial charge in [0.25, 0.3) is 0 Å². The highest BCUT2D eigenvalue weighted by Crippen LogP contribution is 2.50. The van der Waals surface area contributed by atoms with E-state index in [9.17, 15) is 0 Å². The molecule has 260 valence electrons. The van der Waals surface area contributed by atoms with Crippen LogP contribution < -0.4 is 4.90 Å². The molecule has 8 aromatic carbocycles. The fourth-order valence-corrected chi connectivity index (χ4v) is 9.97. The van der Waals surface area contributed by atoms with Crippen LogP contribution in [0.2, 0.25) is 0 Å². The number of benzene rings is 8. The number of anilines is 3. The van der Waals surface area contributed by atoms with Crippen LogP contribution in [0, 0.1) is 0 Å². The van der Waals surface area contributed by atoms with Crippen LogP contribution in [-0.2, 0) is 5.41 Å². The molecule has 0 radical (unpaired) electrons. The van der Waals surface area contributed by atoms with E-state index in [4.69, 9.17) is 9.97 Å². The summed E-state index contributed by atoms with van der Waals surface area (Å²) < 4.78 is 2.59. The van der Waals surface area contributed by atoms with Crippen LogP contribution in [0.1, 0.15) is 25.0 Å². The predicted octanol–water partition coefficient (Wildman–Crippen LogP) is 14.3. The first-order chi connectivity index (χ1) is 27.0. The molecule has 0 aliphatic heterocycles. The number of hydrogen-bond acceptors (Lipinski definition) is 4. The van der Waals surface area contributed by atoms with Gasteiger partial charge in [0.1, 0.15) is 0 Å². The average Bonchev–Trinajstić information content (AvgIpc) is 3.73. The van der Waals surface area contributed by atoms with Crippen molar-refractivity contribution in [3.05, 3.63) is 187 Å². The van der Waals surface area contributed by atoms with Crippen molar-refractivity contribution in [1.29, 1.82) is 0 Å². The number of hydrogen-bond donors (Lipinski definition) is 0. The summed E-state index contributed by atoms with van der Waals surface area (Å²) in [7, 11) is 0. The average molecular weight is 722 g/mol. The Bertz CT molecular complexity index is 3120. The van der Waals surface area contributed by atoms with Crippen molar-refractivity contribution in [2.75, 3.05) is 4.90 Å². The topological polar surface area (TPSA) is 29.0 Å². The molecular weight excluding hydrogens is 687 g/mol. The Kier molecular flexibility index (Phi) is 7.07. The number of aromatic nitrogens is 2. The molecule has 2 aromatic heterocycles. The van der Waals surface area contributed by atoms with Crippen LogP contribution in [-0.4, -0.2) is 9.97 Å². The molecule has 1 aliphatic carbocycles. The van der Waals surface area contributed by atoms with Gasteiger partial charge in [-0.05, 0) is 93.7 Å². The van der Waals surface area contributed by atoms with Gasteiger partial charge in [-0.2, -0.15) is 0 Å². The zero-order valence-electron chi connectivity index (χ0n) is 30.5. The van der Waals surface area contributed by atoms with Crippen LogP contribution in [0.5, 0.6) is 0 Å². The summed E-state index contributed by atoms with van der Waals surface area (Å²) >= 11 is 1.86. The first-order valence-corrected chi connectivity index (χ1v) is 19.6. The maximum absolute atomic E-state index is 5.30. The quantitative estimate of drug-likeness (QED) is 0.177. The molecule has 0 unspecified atom stereocenters. The number of thiophene rings is 1. The van der Waals surface area contributed by atoms with Crippen LogP contribution in [0.4, 0.5) is 17.1 Å². The third-order valence-electron chi connectivity index (χ3n) is 11.5. The fourth-order valence-electron chi connectivity index (χ4n) is 8.69. The molecule has 4 heteroatoms. The zero-order chi connectivity index (χ0) is 36.7.